The lowest BCUT2D eigenvalue weighted by Gasteiger charge is -2.02. The van der Waals surface area contributed by atoms with Crippen LogP contribution in [0.2, 0.25) is 0 Å². The van der Waals surface area contributed by atoms with E-state index in [2.05, 4.69) is 32.3 Å². The molecule has 4 heteroatoms. The van der Waals surface area contributed by atoms with Crippen molar-refractivity contribution >= 4 is 15.9 Å². The van der Waals surface area contributed by atoms with Gasteiger partial charge in [0, 0.05) is 11.9 Å². The van der Waals surface area contributed by atoms with E-state index in [1.807, 2.05) is 30.5 Å². The van der Waals surface area contributed by atoms with E-state index >= 15 is 0 Å². The maximum absolute atomic E-state index is 5.39. The average molecular weight is 295 g/mol. The highest BCUT2D eigenvalue weighted by molar-refractivity contribution is 9.10. The van der Waals surface area contributed by atoms with Gasteiger partial charge in [0.25, 0.3) is 0 Å². The molecule has 0 radical (unpaired) electrons. The van der Waals surface area contributed by atoms with E-state index in [1.165, 1.54) is 0 Å². The van der Waals surface area contributed by atoms with Crippen LogP contribution in [0.4, 0.5) is 0 Å². The minimum Gasteiger partial charge on any atom is -0.453 e. The third-order valence-corrected chi connectivity index (χ3v) is 2.87. The Morgan fingerprint density at radius 2 is 2.18 bits per heavy atom. The van der Waals surface area contributed by atoms with Gasteiger partial charge in [-0.25, -0.2) is 0 Å². The summed E-state index contributed by atoms with van der Waals surface area (Å²) in [6.07, 6.45) is 3.93. The molecule has 0 aliphatic carbocycles. The summed E-state index contributed by atoms with van der Waals surface area (Å²) in [4.78, 5) is 4.29. The van der Waals surface area contributed by atoms with Crippen LogP contribution in [0.5, 0.6) is 0 Å². The van der Waals surface area contributed by atoms with E-state index in [4.69, 9.17) is 4.42 Å². The van der Waals surface area contributed by atoms with Crippen molar-refractivity contribution in [2.75, 3.05) is 6.54 Å². The summed E-state index contributed by atoms with van der Waals surface area (Å²) >= 11 is 3.28. The number of aromatic nitrogens is 1. The summed E-state index contributed by atoms with van der Waals surface area (Å²) in [6.45, 7) is 1.74. The van der Waals surface area contributed by atoms with Crippen molar-refractivity contribution < 1.29 is 4.42 Å². The Bertz CT molecular complexity index is 442. The third-order valence-electron chi connectivity index (χ3n) is 2.44. The zero-order chi connectivity index (χ0) is 11.9. The van der Waals surface area contributed by atoms with Gasteiger partial charge in [0.05, 0.1) is 6.54 Å². The van der Waals surface area contributed by atoms with Crippen molar-refractivity contribution in [2.45, 2.75) is 19.4 Å². The fourth-order valence-corrected chi connectivity index (χ4v) is 1.94. The van der Waals surface area contributed by atoms with Gasteiger partial charge in [-0.15, -0.1) is 0 Å². The Hall–Kier alpha value is -1.13. The van der Waals surface area contributed by atoms with Crippen molar-refractivity contribution in [2.24, 2.45) is 0 Å². The highest BCUT2D eigenvalue weighted by atomic mass is 79.9. The van der Waals surface area contributed by atoms with Gasteiger partial charge in [0.1, 0.15) is 5.76 Å². The Morgan fingerprint density at radius 1 is 1.24 bits per heavy atom. The van der Waals surface area contributed by atoms with Gasteiger partial charge >= 0.3 is 0 Å². The van der Waals surface area contributed by atoms with E-state index in [9.17, 15) is 0 Å². The number of nitrogens with one attached hydrogen (secondary N) is 1. The number of furan rings is 1. The van der Waals surface area contributed by atoms with Crippen molar-refractivity contribution in [1.82, 2.24) is 10.3 Å². The molecular weight excluding hydrogens is 280 g/mol. The van der Waals surface area contributed by atoms with E-state index in [0.29, 0.717) is 0 Å². The normalized spacial score (nSPS) is 10.6. The Balaban J connectivity index is 1.61. The molecule has 0 bridgehead atoms. The summed E-state index contributed by atoms with van der Waals surface area (Å²) in [5, 5.41) is 3.34. The molecule has 17 heavy (non-hydrogen) atoms. The lowest BCUT2D eigenvalue weighted by molar-refractivity contribution is 0.464. The van der Waals surface area contributed by atoms with Crippen molar-refractivity contribution in [3.63, 3.8) is 0 Å². The molecule has 2 aromatic heterocycles. The lowest BCUT2D eigenvalue weighted by Crippen LogP contribution is -2.15. The molecule has 1 N–H and O–H groups in total. The first-order valence-corrected chi connectivity index (χ1v) is 6.49. The van der Waals surface area contributed by atoms with Crippen LogP contribution in [0.25, 0.3) is 0 Å². The number of nitrogens with zero attached hydrogens (tertiary/aromatic N) is 1. The number of hydrogen-bond acceptors (Lipinski definition) is 3. The van der Waals surface area contributed by atoms with Gasteiger partial charge in [-0.2, -0.15) is 0 Å². The minimum atomic E-state index is 0.772. The highest BCUT2D eigenvalue weighted by Crippen LogP contribution is 2.13. The van der Waals surface area contributed by atoms with Crippen LogP contribution < -0.4 is 5.32 Å². The molecular formula is C13H15BrN2O. The summed E-state index contributed by atoms with van der Waals surface area (Å²) in [5.74, 6) is 0.953. The number of halogens is 1. The molecule has 0 saturated heterocycles. The van der Waals surface area contributed by atoms with Crippen LogP contribution in [-0.4, -0.2) is 11.5 Å². The molecule has 0 spiro atoms. The number of hydrogen-bond donors (Lipinski definition) is 1. The quantitative estimate of drug-likeness (QED) is 0.832. The predicted octanol–water partition coefficient (Wildman–Crippen LogP) is 3.16. The molecule has 0 aliphatic heterocycles. The Labute approximate surface area is 109 Å². The zero-order valence-corrected chi connectivity index (χ0v) is 11.1. The van der Waals surface area contributed by atoms with Gasteiger partial charge in [-0.05, 0) is 59.6 Å². The molecule has 3 nitrogen and oxygen atoms in total. The maximum atomic E-state index is 5.39. The van der Waals surface area contributed by atoms with Gasteiger partial charge in [0.15, 0.2) is 4.67 Å². The van der Waals surface area contributed by atoms with Crippen LogP contribution in [-0.2, 0) is 13.0 Å². The molecule has 0 amide bonds. The smallest absolute Gasteiger partial charge is 0.169 e. The largest absolute Gasteiger partial charge is 0.453 e. The van der Waals surface area contributed by atoms with E-state index in [1.54, 1.807) is 0 Å². The number of pyridine rings is 1. The van der Waals surface area contributed by atoms with E-state index in [0.717, 1.165) is 42.1 Å². The predicted molar refractivity (Wildman–Crippen MR) is 70.7 cm³/mol. The SMILES string of the molecule is Brc1ccc(CNCCCc2ccccn2)o1. The molecule has 2 heterocycles. The first-order chi connectivity index (χ1) is 8.34. The van der Waals surface area contributed by atoms with Gasteiger partial charge in [-0.3, -0.25) is 4.98 Å². The summed E-state index contributed by atoms with van der Waals surface area (Å²) in [6, 6.07) is 9.90. The van der Waals surface area contributed by atoms with Crippen LogP contribution in [0.3, 0.4) is 0 Å². The van der Waals surface area contributed by atoms with Crippen LogP contribution in [0, 0.1) is 0 Å². The van der Waals surface area contributed by atoms with Gasteiger partial charge < -0.3 is 9.73 Å². The maximum Gasteiger partial charge on any atom is 0.169 e. The topological polar surface area (TPSA) is 38.1 Å². The standard InChI is InChI=1S/C13H15BrN2O/c14-13-7-6-12(17-13)10-15-8-3-5-11-4-1-2-9-16-11/h1-2,4,6-7,9,15H,3,5,8,10H2. The molecule has 0 aliphatic rings. The Morgan fingerprint density at radius 3 is 2.88 bits per heavy atom. The van der Waals surface area contributed by atoms with Crippen molar-refractivity contribution in [3.05, 3.63) is 52.7 Å². The van der Waals surface area contributed by atoms with Gasteiger partial charge in [-0.1, -0.05) is 6.07 Å². The second kappa shape index (κ2) is 6.57. The minimum absolute atomic E-state index is 0.772. The van der Waals surface area contributed by atoms with Crippen LogP contribution in [0.1, 0.15) is 17.9 Å². The molecule has 0 saturated carbocycles. The van der Waals surface area contributed by atoms with Crippen LogP contribution >= 0.6 is 15.9 Å². The first-order valence-electron chi connectivity index (χ1n) is 5.69. The van der Waals surface area contributed by atoms with Crippen molar-refractivity contribution in [1.29, 1.82) is 0 Å². The molecule has 0 fully saturated rings. The van der Waals surface area contributed by atoms with Crippen molar-refractivity contribution in [3.8, 4) is 0 Å². The first kappa shape index (κ1) is 12.3. The highest BCUT2D eigenvalue weighted by Gasteiger charge is 1.98. The zero-order valence-electron chi connectivity index (χ0n) is 9.53. The lowest BCUT2D eigenvalue weighted by atomic mass is 10.2. The molecule has 2 rings (SSSR count). The molecule has 2 aromatic rings. The fourth-order valence-electron chi connectivity index (χ4n) is 1.60. The third kappa shape index (κ3) is 4.32. The Kier molecular flexibility index (Phi) is 4.76. The summed E-state index contributed by atoms with van der Waals surface area (Å²) in [5.41, 5.74) is 1.15. The molecule has 90 valence electrons. The summed E-state index contributed by atoms with van der Waals surface area (Å²) < 4.78 is 6.17. The molecule has 0 unspecified atom stereocenters. The average Bonchev–Trinajstić information content (AvgIpc) is 2.76. The second-order valence-corrected chi connectivity index (χ2v) is 4.59. The molecule has 0 aromatic carbocycles. The van der Waals surface area contributed by atoms with E-state index in [-0.39, 0.29) is 0 Å². The van der Waals surface area contributed by atoms with Gasteiger partial charge in [0.2, 0.25) is 0 Å². The second-order valence-electron chi connectivity index (χ2n) is 3.81. The number of rotatable bonds is 6. The van der Waals surface area contributed by atoms with Crippen LogP contribution in [0.15, 0.2) is 45.6 Å². The fraction of sp³-hybridized carbons (Fsp3) is 0.308. The number of aryl methyl sites for hydroxylation is 1. The summed E-state index contributed by atoms with van der Waals surface area (Å²) in [7, 11) is 0. The monoisotopic (exact) mass is 294 g/mol. The molecule has 0 atom stereocenters. The van der Waals surface area contributed by atoms with E-state index < -0.39 is 0 Å².